The third-order valence-electron chi connectivity index (χ3n) is 3.30. The molecule has 106 valence electrons. The van der Waals surface area contributed by atoms with Crippen molar-refractivity contribution in [3.8, 4) is 0 Å². The molecule has 0 radical (unpaired) electrons. The number of aromatic nitrogens is 1. The van der Waals surface area contributed by atoms with E-state index in [0.29, 0.717) is 18.7 Å². The van der Waals surface area contributed by atoms with E-state index in [9.17, 15) is 9.59 Å². The molecule has 2 rings (SSSR count). The maximum atomic E-state index is 12.4. The summed E-state index contributed by atoms with van der Waals surface area (Å²) in [6.07, 6.45) is 3.33. The fraction of sp³-hybridized carbons (Fsp3) is 0.375. The number of carbonyl (C=O) groups excluding carboxylic acids is 2. The lowest BCUT2D eigenvalue weighted by Crippen LogP contribution is -2.37. The van der Waals surface area contributed by atoms with Crippen LogP contribution in [0.1, 0.15) is 37.0 Å². The second-order valence-electron chi connectivity index (χ2n) is 4.87. The van der Waals surface area contributed by atoms with Gasteiger partial charge in [0.1, 0.15) is 0 Å². The van der Waals surface area contributed by atoms with Gasteiger partial charge in [-0.25, -0.2) is 0 Å². The van der Waals surface area contributed by atoms with Crippen LogP contribution in [-0.4, -0.2) is 34.7 Å². The molecular formula is C16H20N2O2. The van der Waals surface area contributed by atoms with Gasteiger partial charge in [0.15, 0.2) is 0 Å². The molecule has 4 nitrogen and oxygen atoms in total. The van der Waals surface area contributed by atoms with Gasteiger partial charge in [0, 0.05) is 30.2 Å². The molecule has 0 saturated heterocycles. The van der Waals surface area contributed by atoms with Crippen LogP contribution >= 0.6 is 0 Å². The highest BCUT2D eigenvalue weighted by Crippen LogP contribution is 2.19. The number of para-hydroxylation sites is 1. The van der Waals surface area contributed by atoms with Crippen LogP contribution in [0.5, 0.6) is 0 Å². The van der Waals surface area contributed by atoms with Gasteiger partial charge >= 0.3 is 0 Å². The lowest BCUT2D eigenvalue weighted by Gasteiger charge is -2.20. The number of benzene rings is 1. The zero-order valence-corrected chi connectivity index (χ0v) is 12.0. The zero-order chi connectivity index (χ0) is 14.5. The fourth-order valence-corrected chi connectivity index (χ4v) is 2.37. The molecule has 1 aromatic carbocycles. The van der Waals surface area contributed by atoms with Gasteiger partial charge in [0.25, 0.3) is 11.7 Å². The summed E-state index contributed by atoms with van der Waals surface area (Å²) in [6.45, 7) is 5.26. The average molecular weight is 272 g/mol. The Morgan fingerprint density at radius 1 is 1.10 bits per heavy atom. The average Bonchev–Trinajstić information content (AvgIpc) is 2.89. The van der Waals surface area contributed by atoms with Gasteiger partial charge in [-0.1, -0.05) is 32.0 Å². The Kier molecular flexibility index (Phi) is 4.56. The number of ketones is 1. The van der Waals surface area contributed by atoms with Crippen LogP contribution in [0.3, 0.4) is 0 Å². The van der Waals surface area contributed by atoms with Crippen molar-refractivity contribution in [1.82, 2.24) is 9.88 Å². The van der Waals surface area contributed by atoms with Crippen LogP contribution in [0, 0.1) is 0 Å². The molecule has 0 aliphatic carbocycles. The molecule has 4 heteroatoms. The summed E-state index contributed by atoms with van der Waals surface area (Å²) < 4.78 is 0. The molecular weight excluding hydrogens is 252 g/mol. The fourth-order valence-electron chi connectivity index (χ4n) is 2.37. The van der Waals surface area contributed by atoms with E-state index in [1.807, 2.05) is 38.1 Å². The van der Waals surface area contributed by atoms with Crippen molar-refractivity contribution < 1.29 is 9.59 Å². The van der Waals surface area contributed by atoms with E-state index >= 15 is 0 Å². The Balaban J connectivity index is 2.27. The summed E-state index contributed by atoms with van der Waals surface area (Å²) in [4.78, 5) is 29.4. The molecule has 0 aliphatic heterocycles. The highest BCUT2D eigenvalue weighted by Gasteiger charge is 2.24. The lowest BCUT2D eigenvalue weighted by molar-refractivity contribution is -0.126. The van der Waals surface area contributed by atoms with E-state index < -0.39 is 11.7 Å². The van der Waals surface area contributed by atoms with Gasteiger partial charge in [-0.15, -0.1) is 0 Å². The highest BCUT2D eigenvalue weighted by molar-refractivity contribution is 6.44. The predicted molar refractivity (Wildman–Crippen MR) is 79.8 cm³/mol. The van der Waals surface area contributed by atoms with Crippen LogP contribution in [-0.2, 0) is 4.79 Å². The molecule has 0 spiro atoms. The minimum absolute atomic E-state index is 0.404. The second-order valence-corrected chi connectivity index (χ2v) is 4.87. The largest absolute Gasteiger partial charge is 0.360 e. The molecule has 1 heterocycles. The number of nitrogens with zero attached hydrogens (tertiary/aromatic N) is 1. The smallest absolute Gasteiger partial charge is 0.295 e. The molecule has 20 heavy (non-hydrogen) atoms. The van der Waals surface area contributed by atoms with Crippen molar-refractivity contribution in [3.63, 3.8) is 0 Å². The highest BCUT2D eigenvalue weighted by atomic mass is 16.2. The number of hydrogen-bond acceptors (Lipinski definition) is 2. The summed E-state index contributed by atoms with van der Waals surface area (Å²) in [6, 6.07) is 7.52. The first-order valence-corrected chi connectivity index (χ1v) is 7.08. The maximum Gasteiger partial charge on any atom is 0.295 e. The summed E-state index contributed by atoms with van der Waals surface area (Å²) in [5.74, 6) is -0.831. The van der Waals surface area contributed by atoms with E-state index in [4.69, 9.17) is 0 Å². The van der Waals surface area contributed by atoms with Crippen LogP contribution in [0.2, 0.25) is 0 Å². The molecule has 1 amide bonds. The van der Waals surface area contributed by atoms with Gasteiger partial charge in [-0.05, 0) is 18.9 Å². The van der Waals surface area contributed by atoms with Crippen molar-refractivity contribution in [2.45, 2.75) is 26.7 Å². The Labute approximate surface area is 118 Å². The zero-order valence-electron chi connectivity index (χ0n) is 12.0. The Morgan fingerprint density at radius 3 is 2.40 bits per heavy atom. The van der Waals surface area contributed by atoms with Gasteiger partial charge in [0.05, 0.1) is 5.56 Å². The monoisotopic (exact) mass is 272 g/mol. The van der Waals surface area contributed by atoms with Gasteiger partial charge in [-0.3, -0.25) is 9.59 Å². The van der Waals surface area contributed by atoms with E-state index in [-0.39, 0.29) is 0 Å². The van der Waals surface area contributed by atoms with Crippen LogP contribution in [0.15, 0.2) is 30.5 Å². The molecule has 2 aromatic rings. The van der Waals surface area contributed by atoms with E-state index in [2.05, 4.69) is 4.98 Å². The number of amides is 1. The molecule has 0 aliphatic rings. The molecule has 1 aromatic heterocycles. The quantitative estimate of drug-likeness (QED) is 0.649. The molecule has 0 atom stereocenters. The summed E-state index contributed by atoms with van der Waals surface area (Å²) in [5, 5.41) is 0.804. The summed E-state index contributed by atoms with van der Waals surface area (Å²) in [5.41, 5.74) is 1.34. The number of fused-ring (bicyclic) bond motifs is 1. The number of hydrogen-bond donors (Lipinski definition) is 1. The molecule has 0 fully saturated rings. The Bertz CT molecular complexity index is 610. The number of nitrogens with one attached hydrogen (secondary N) is 1. The standard InChI is InChI=1S/C16H20N2O2/c1-3-9-18(10-4-2)16(20)15(19)13-11-17-14-8-6-5-7-12(13)14/h5-8,11,17H,3-4,9-10H2,1-2H3. The molecule has 0 saturated carbocycles. The number of Topliss-reactive ketones (excluding diaryl/α,β-unsaturated/α-hetero) is 1. The predicted octanol–water partition coefficient (Wildman–Crippen LogP) is 3.00. The molecule has 0 bridgehead atoms. The normalized spacial score (nSPS) is 10.7. The van der Waals surface area contributed by atoms with E-state index in [1.165, 1.54) is 0 Å². The summed E-state index contributed by atoms with van der Waals surface area (Å²) >= 11 is 0. The van der Waals surface area contributed by atoms with Gasteiger partial charge in [-0.2, -0.15) is 0 Å². The van der Waals surface area contributed by atoms with Gasteiger partial charge in [0.2, 0.25) is 0 Å². The Hall–Kier alpha value is -2.10. The number of aromatic amines is 1. The third kappa shape index (κ3) is 2.74. The number of H-pyrrole nitrogens is 1. The third-order valence-corrected chi connectivity index (χ3v) is 3.30. The topological polar surface area (TPSA) is 53.2 Å². The minimum atomic E-state index is -0.427. The first-order chi connectivity index (χ1) is 9.69. The Morgan fingerprint density at radius 2 is 1.75 bits per heavy atom. The minimum Gasteiger partial charge on any atom is -0.360 e. The summed E-state index contributed by atoms with van der Waals surface area (Å²) in [7, 11) is 0. The number of carbonyl (C=O) groups is 2. The lowest BCUT2D eigenvalue weighted by atomic mass is 10.1. The molecule has 0 unspecified atom stereocenters. The first-order valence-electron chi connectivity index (χ1n) is 7.08. The number of rotatable bonds is 6. The first kappa shape index (κ1) is 14.3. The van der Waals surface area contributed by atoms with Crippen molar-refractivity contribution >= 4 is 22.6 Å². The van der Waals surface area contributed by atoms with E-state index in [1.54, 1.807) is 11.1 Å². The second kappa shape index (κ2) is 6.37. The van der Waals surface area contributed by atoms with Crippen molar-refractivity contribution in [2.24, 2.45) is 0 Å². The SMILES string of the molecule is CCCN(CCC)C(=O)C(=O)c1c[nH]c2ccccc12. The van der Waals surface area contributed by atoms with Crippen molar-refractivity contribution in [2.75, 3.05) is 13.1 Å². The van der Waals surface area contributed by atoms with Crippen molar-refractivity contribution in [3.05, 3.63) is 36.0 Å². The van der Waals surface area contributed by atoms with E-state index in [0.717, 1.165) is 23.7 Å². The van der Waals surface area contributed by atoms with Crippen LogP contribution < -0.4 is 0 Å². The van der Waals surface area contributed by atoms with Gasteiger partial charge < -0.3 is 9.88 Å². The van der Waals surface area contributed by atoms with Crippen LogP contribution in [0.25, 0.3) is 10.9 Å². The van der Waals surface area contributed by atoms with Crippen LogP contribution in [0.4, 0.5) is 0 Å². The molecule has 1 N–H and O–H groups in total. The van der Waals surface area contributed by atoms with Crippen molar-refractivity contribution in [1.29, 1.82) is 0 Å². The maximum absolute atomic E-state index is 12.4.